The lowest BCUT2D eigenvalue weighted by atomic mass is 9.93. The van der Waals surface area contributed by atoms with E-state index in [1.165, 1.54) is 0 Å². The fourth-order valence-corrected chi connectivity index (χ4v) is 4.21. The summed E-state index contributed by atoms with van der Waals surface area (Å²) in [5.41, 5.74) is 8.47. The van der Waals surface area contributed by atoms with Crippen LogP contribution in [0.25, 0.3) is 0 Å². The van der Waals surface area contributed by atoms with Gasteiger partial charge < -0.3 is 26.2 Å². The second kappa shape index (κ2) is 14.4. The Hall–Kier alpha value is -4.01. The number of aliphatic hydroxyl groups excluding tert-OH is 1. The third-order valence-corrected chi connectivity index (χ3v) is 6.24. The molecule has 0 aliphatic heterocycles. The minimum atomic E-state index is -1.15. The summed E-state index contributed by atoms with van der Waals surface area (Å²) in [4.78, 5) is 38.3. The van der Waals surface area contributed by atoms with E-state index in [2.05, 4.69) is 10.6 Å². The van der Waals surface area contributed by atoms with Crippen molar-refractivity contribution in [3.63, 3.8) is 0 Å². The molecule has 3 aromatic rings. The van der Waals surface area contributed by atoms with Crippen molar-refractivity contribution >= 4 is 17.8 Å². The molecule has 0 bridgehead atoms. The van der Waals surface area contributed by atoms with E-state index in [-0.39, 0.29) is 25.4 Å². The SMILES string of the molecule is CC(C)(C)NC(=O)c1ccccc1C[C@@H](O)[C@H](Cc1ccccc1)NC(=O)[C@H](N)CC(=O)OCc1ccccc1. The fourth-order valence-electron chi connectivity index (χ4n) is 4.21. The van der Waals surface area contributed by atoms with Crippen LogP contribution in [-0.4, -0.2) is 46.6 Å². The van der Waals surface area contributed by atoms with Crippen LogP contribution < -0.4 is 16.4 Å². The summed E-state index contributed by atoms with van der Waals surface area (Å²) < 4.78 is 5.26. The first kappa shape index (κ1) is 30.5. The molecule has 3 rings (SSSR count). The van der Waals surface area contributed by atoms with Crippen LogP contribution in [-0.2, 0) is 33.8 Å². The van der Waals surface area contributed by atoms with Crippen LogP contribution in [0.4, 0.5) is 0 Å². The number of nitrogens with one attached hydrogen (secondary N) is 2. The van der Waals surface area contributed by atoms with E-state index in [1.807, 2.05) is 81.4 Å². The molecule has 0 aliphatic carbocycles. The van der Waals surface area contributed by atoms with E-state index in [0.29, 0.717) is 17.5 Å². The first-order valence-corrected chi connectivity index (χ1v) is 13.4. The van der Waals surface area contributed by atoms with Gasteiger partial charge in [-0.2, -0.15) is 0 Å². The van der Waals surface area contributed by atoms with Crippen molar-refractivity contribution in [3.8, 4) is 0 Å². The summed E-state index contributed by atoms with van der Waals surface area (Å²) in [6.45, 7) is 5.78. The number of esters is 1. The maximum Gasteiger partial charge on any atom is 0.308 e. The van der Waals surface area contributed by atoms with Gasteiger partial charge in [-0.1, -0.05) is 78.9 Å². The average molecular weight is 546 g/mol. The number of hydrogen-bond acceptors (Lipinski definition) is 6. The normalized spacial score (nSPS) is 13.5. The van der Waals surface area contributed by atoms with Crippen LogP contribution in [0.5, 0.6) is 0 Å². The highest BCUT2D eigenvalue weighted by Crippen LogP contribution is 2.17. The van der Waals surface area contributed by atoms with Gasteiger partial charge in [-0.25, -0.2) is 0 Å². The van der Waals surface area contributed by atoms with Crippen LogP contribution in [0.3, 0.4) is 0 Å². The van der Waals surface area contributed by atoms with Gasteiger partial charge in [0, 0.05) is 17.5 Å². The third kappa shape index (κ3) is 9.94. The van der Waals surface area contributed by atoms with Crippen LogP contribution in [0.1, 0.15) is 54.2 Å². The van der Waals surface area contributed by atoms with Crippen LogP contribution in [0.15, 0.2) is 84.9 Å². The lowest BCUT2D eigenvalue weighted by Gasteiger charge is -2.27. The van der Waals surface area contributed by atoms with Crippen LogP contribution in [0, 0.1) is 0 Å². The van der Waals surface area contributed by atoms with Gasteiger partial charge in [0.25, 0.3) is 5.91 Å². The molecule has 5 N–H and O–H groups in total. The number of benzene rings is 3. The molecule has 3 atom stereocenters. The largest absolute Gasteiger partial charge is 0.461 e. The molecule has 0 saturated carbocycles. The molecule has 0 aliphatic rings. The predicted octanol–water partition coefficient (Wildman–Crippen LogP) is 3.31. The maximum absolute atomic E-state index is 13.0. The third-order valence-electron chi connectivity index (χ3n) is 6.24. The van der Waals surface area contributed by atoms with Crippen molar-refractivity contribution in [1.29, 1.82) is 0 Å². The molecule has 0 heterocycles. The standard InChI is InChI=1S/C32H39N3O5/c1-32(2,3)35-30(38)25-17-11-10-16-24(25)19-28(36)27(18-22-12-6-4-7-13-22)34-31(39)26(33)20-29(37)40-21-23-14-8-5-9-15-23/h4-17,26-28,36H,18-21,33H2,1-3H3,(H,34,39)(H,35,38)/t26-,27+,28-/m1/s1. The number of amides is 2. The lowest BCUT2D eigenvalue weighted by molar-refractivity contribution is -0.146. The number of carbonyl (C=O) groups is 3. The van der Waals surface area contributed by atoms with Crippen LogP contribution >= 0.6 is 0 Å². The molecule has 2 amide bonds. The van der Waals surface area contributed by atoms with Gasteiger partial charge in [0.05, 0.1) is 24.6 Å². The Labute approximate surface area is 235 Å². The summed E-state index contributed by atoms with van der Waals surface area (Å²) in [5.74, 6) is -1.41. The molecule has 0 saturated heterocycles. The second-order valence-corrected chi connectivity index (χ2v) is 10.9. The molecular weight excluding hydrogens is 506 g/mol. The van der Waals surface area contributed by atoms with Crippen molar-refractivity contribution in [2.24, 2.45) is 5.73 Å². The quantitative estimate of drug-likeness (QED) is 0.258. The highest BCUT2D eigenvalue weighted by Gasteiger charge is 2.28. The molecular formula is C32H39N3O5. The molecule has 8 heteroatoms. The van der Waals surface area contributed by atoms with Gasteiger partial charge in [-0.05, 0) is 49.9 Å². The van der Waals surface area contributed by atoms with Gasteiger partial charge in [0.15, 0.2) is 0 Å². The van der Waals surface area contributed by atoms with Crippen molar-refractivity contribution in [2.45, 2.75) is 70.4 Å². The van der Waals surface area contributed by atoms with Crippen molar-refractivity contribution in [3.05, 3.63) is 107 Å². The first-order valence-electron chi connectivity index (χ1n) is 13.4. The Bertz CT molecular complexity index is 1260. The van der Waals surface area contributed by atoms with E-state index in [0.717, 1.165) is 11.1 Å². The van der Waals surface area contributed by atoms with Gasteiger partial charge in [0.1, 0.15) is 6.61 Å². The summed E-state index contributed by atoms with van der Waals surface area (Å²) in [6, 6.07) is 23.9. The van der Waals surface area contributed by atoms with Crippen molar-refractivity contribution in [1.82, 2.24) is 10.6 Å². The summed E-state index contributed by atoms with van der Waals surface area (Å²) in [6.07, 6.45) is -0.886. The zero-order chi connectivity index (χ0) is 29.1. The second-order valence-electron chi connectivity index (χ2n) is 10.9. The topological polar surface area (TPSA) is 131 Å². The van der Waals surface area contributed by atoms with E-state index >= 15 is 0 Å². The van der Waals surface area contributed by atoms with E-state index in [9.17, 15) is 19.5 Å². The van der Waals surface area contributed by atoms with Gasteiger partial charge in [0.2, 0.25) is 5.91 Å². The molecule has 0 spiro atoms. The Morgan fingerprint density at radius 3 is 2.05 bits per heavy atom. The van der Waals surface area contributed by atoms with Gasteiger partial charge in [-0.15, -0.1) is 0 Å². The van der Waals surface area contributed by atoms with Crippen molar-refractivity contribution in [2.75, 3.05) is 0 Å². The Morgan fingerprint density at radius 2 is 1.43 bits per heavy atom. The predicted molar refractivity (Wildman–Crippen MR) is 154 cm³/mol. The van der Waals surface area contributed by atoms with E-state index in [4.69, 9.17) is 10.5 Å². The number of carbonyl (C=O) groups excluding carboxylic acids is 3. The average Bonchev–Trinajstić information content (AvgIpc) is 2.92. The molecule has 0 fully saturated rings. The number of rotatable bonds is 12. The maximum atomic E-state index is 13.0. The van der Waals surface area contributed by atoms with E-state index in [1.54, 1.807) is 24.3 Å². The Morgan fingerprint density at radius 1 is 0.850 bits per heavy atom. The molecule has 8 nitrogen and oxygen atoms in total. The lowest BCUT2D eigenvalue weighted by Crippen LogP contribution is -2.52. The zero-order valence-corrected chi connectivity index (χ0v) is 23.3. The highest BCUT2D eigenvalue weighted by molar-refractivity contribution is 5.96. The smallest absolute Gasteiger partial charge is 0.308 e. The number of ether oxygens (including phenoxy) is 1. The molecule has 0 unspecified atom stereocenters. The minimum Gasteiger partial charge on any atom is -0.461 e. The number of hydrogen-bond donors (Lipinski definition) is 4. The fraction of sp³-hybridized carbons (Fsp3) is 0.344. The molecule has 40 heavy (non-hydrogen) atoms. The molecule has 212 valence electrons. The first-order chi connectivity index (χ1) is 19.0. The molecule has 0 aromatic heterocycles. The Kier molecular flexibility index (Phi) is 11.0. The van der Waals surface area contributed by atoms with Gasteiger partial charge >= 0.3 is 5.97 Å². The number of nitrogens with two attached hydrogens (primary N) is 1. The summed E-state index contributed by atoms with van der Waals surface area (Å²) in [5, 5.41) is 17.1. The molecule has 0 radical (unpaired) electrons. The Balaban J connectivity index is 1.69. The monoisotopic (exact) mass is 545 g/mol. The number of aliphatic hydroxyl groups is 1. The van der Waals surface area contributed by atoms with E-state index < -0.39 is 35.6 Å². The zero-order valence-electron chi connectivity index (χ0n) is 23.3. The summed E-state index contributed by atoms with van der Waals surface area (Å²) in [7, 11) is 0. The van der Waals surface area contributed by atoms with Crippen LogP contribution in [0.2, 0.25) is 0 Å². The highest BCUT2D eigenvalue weighted by atomic mass is 16.5. The summed E-state index contributed by atoms with van der Waals surface area (Å²) >= 11 is 0. The van der Waals surface area contributed by atoms with Gasteiger partial charge in [-0.3, -0.25) is 14.4 Å². The van der Waals surface area contributed by atoms with Crippen molar-refractivity contribution < 1.29 is 24.2 Å². The molecule has 3 aromatic carbocycles. The minimum absolute atomic E-state index is 0.0888.